The molecule has 26 heavy (non-hydrogen) atoms. The van der Waals surface area contributed by atoms with E-state index >= 15 is 0 Å². The molecule has 0 bridgehead atoms. The first-order chi connectivity index (χ1) is 12.6. The molecule has 138 valence electrons. The maximum Gasteiger partial charge on any atom is 0.261 e. The molecule has 1 aliphatic rings. The van der Waals surface area contributed by atoms with E-state index < -0.39 is 0 Å². The van der Waals surface area contributed by atoms with E-state index in [1.807, 2.05) is 30.3 Å². The molecular weight excluding hydrogens is 344 g/mol. The van der Waals surface area contributed by atoms with Crippen molar-refractivity contribution in [2.45, 2.75) is 52.5 Å². The van der Waals surface area contributed by atoms with E-state index in [1.165, 1.54) is 21.8 Å². The summed E-state index contributed by atoms with van der Waals surface area (Å²) in [6.07, 6.45) is 5.21. The summed E-state index contributed by atoms with van der Waals surface area (Å²) < 4.78 is 0. The van der Waals surface area contributed by atoms with E-state index in [-0.39, 0.29) is 17.7 Å². The molecule has 1 saturated carbocycles. The number of benzene rings is 1. The highest BCUT2D eigenvalue weighted by Crippen LogP contribution is 2.26. The Balaban J connectivity index is 1.57. The second kappa shape index (κ2) is 8.49. The topological polar surface area (TPSA) is 58.2 Å². The molecule has 3 rings (SSSR count). The summed E-state index contributed by atoms with van der Waals surface area (Å²) in [7, 11) is 0. The lowest BCUT2D eigenvalue weighted by Crippen LogP contribution is -2.22. The lowest BCUT2D eigenvalue weighted by Gasteiger charge is -2.11. The molecule has 1 aromatic carbocycles. The van der Waals surface area contributed by atoms with Crippen molar-refractivity contribution in [2.24, 2.45) is 5.92 Å². The van der Waals surface area contributed by atoms with Gasteiger partial charge in [-0.2, -0.15) is 0 Å². The molecule has 0 saturated heterocycles. The van der Waals surface area contributed by atoms with Gasteiger partial charge in [-0.05, 0) is 55.5 Å². The summed E-state index contributed by atoms with van der Waals surface area (Å²) in [6.45, 7) is 4.60. The molecule has 0 radical (unpaired) electrons. The zero-order chi connectivity index (χ0) is 18.5. The van der Waals surface area contributed by atoms with E-state index in [2.05, 4.69) is 24.5 Å². The van der Waals surface area contributed by atoms with Crippen LogP contribution in [-0.2, 0) is 17.8 Å². The average Bonchev–Trinajstić information content (AvgIpc) is 3.29. The Kier molecular flexibility index (Phi) is 6.09. The number of nitrogens with one attached hydrogen (secondary N) is 2. The fourth-order valence-corrected chi connectivity index (χ4v) is 4.47. The minimum absolute atomic E-state index is 0.0433. The van der Waals surface area contributed by atoms with Gasteiger partial charge >= 0.3 is 0 Å². The molecule has 2 aromatic rings. The minimum atomic E-state index is -0.0433. The zero-order valence-corrected chi connectivity index (χ0v) is 16.2. The highest BCUT2D eigenvalue weighted by Gasteiger charge is 2.22. The maximum atomic E-state index is 12.4. The molecule has 0 aliphatic heterocycles. The number of hydrogen-bond donors (Lipinski definition) is 2. The third kappa shape index (κ3) is 4.52. The number of carbonyl (C=O) groups is 2. The molecule has 0 atom stereocenters. The second-order valence-electron chi connectivity index (χ2n) is 6.90. The standard InChI is InChI=1S/C21H26N2O2S/c1-3-16-12-19(26-14(16)2)21(25)22-13-15-7-6-10-18(11-15)23-20(24)17-8-4-5-9-17/h6-7,10-12,17H,3-5,8-9,13H2,1-2H3,(H,22,25)(H,23,24). The molecule has 1 aliphatic carbocycles. The largest absolute Gasteiger partial charge is 0.347 e. The lowest BCUT2D eigenvalue weighted by molar-refractivity contribution is -0.119. The highest BCUT2D eigenvalue weighted by atomic mass is 32.1. The van der Waals surface area contributed by atoms with E-state index in [4.69, 9.17) is 0 Å². The van der Waals surface area contributed by atoms with Crippen LogP contribution >= 0.6 is 11.3 Å². The van der Waals surface area contributed by atoms with Gasteiger partial charge in [0, 0.05) is 23.0 Å². The molecule has 1 fully saturated rings. The van der Waals surface area contributed by atoms with E-state index in [0.29, 0.717) is 6.54 Å². The second-order valence-corrected chi connectivity index (χ2v) is 8.16. The first-order valence-electron chi connectivity index (χ1n) is 9.34. The monoisotopic (exact) mass is 370 g/mol. The fraction of sp³-hybridized carbons (Fsp3) is 0.429. The Hall–Kier alpha value is -2.14. The van der Waals surface area contributed by atoms with Gasteiger partial charge in [0.2, 0.25) is 5.91 Å². The van der Waals surface area contributed by atoms with Gasteiger partial charge < -0.3 is 10.6 Å². The summed E-state index contributed by atoms with van der Waals surface area (Å²) in [6, 6.07) is 9.69. The first kappa shape index (κ1) is 18.6. The molecule has 5 heteroatoms. The van der Waals surface area contributed by atoms with Gasteiger partial charge in [-0.25, -0.2) is 0 Å². The van der Waals surface area contributed by atoms with Crippen molar-refractivity contribution in [3.05, 3.63) is 51.2 Å². The number of hydrogen-bond acceptors (Lipinski definition) is 3. The van der Waals surface area contributed by atoms with Crippen molar-refractivity contribution < 1.29 is 9.59 Å². The summed E-state index contributed by atoms with van der Waals surface area (Å²) in [5.74, 6) is 0.219. The zero-order valence-electron chi connectivity index (χ0n) is 15.4. The number of rotatable bonds is 6. The molecular formula is C21H26N2O2S. The Morgan fingerprint density at radius 2 is 1.96 bits per heavy atom. The van der Waals surface area contributed by atoms with E-state index in [0.717, 1.165) is 48.2 Å². The predicted molar refractivity (Wildman–Crippen MR) is 107 cm³/mol. The van der Waals surface area contributed by atoms with Gasteiger partial charge in [-0.3, -0.25) is 9.59 Å². The highest BCUT2D eigenvalue weighted by molar-refractivity contribution is 7.14. The van der Waals surface area contributed by atoms with Gasteiger partial charge in [-0.1, -0.05) is 31.9 Å². The molecule has 0 spiro atoms. The fourth-order valence-electron chi connectivity index (χ4n) is 3.44. The third-order valence-electron chi connectivity index (χ3n) is 5.00. The van der Waals surface area contributed by atoms with Gasteiger partial charge in [-0.15, -0.1) is 11.3 Å². The maximum absolute atomic E-state index is 12.4. The van der Waals surface area contributed by atoms with Crippen molar-refractivity contribution >= 4 is 28.8 Å². The number of carbonyl (C=O) groups excluding carboxylic acids is 2. The minimum Gasteiger partial charge on any atom is -0.347 e. The quantitative estimate of drug-likeness (QED) is 0.776. The molecule has 1 aromatic heterocycles. The van der Waals surface area contributed by atoms with Crippen LogP contribution in [0.5, 0.6) is 0 Å². The Labute approximate surface area is 159 Å². The van der Waals surface area contributed by atoms with Crippen LogP contribution in [0.15, 0.2) is 30.3 Å². The van der Waals surface area contributed by atoms with Gasteiger partial charge in [0.25, 0.3) is 5.91 Å². The van der Waals surface area contributed by atoms with Crippen LogP contribution in [0.1, 0.15) is 58.3 Å². The molecule has 2 amide bonds. The van der Waals surface area contributed by atoms with E-state index in [9.17, 15) is 9.59 Å². The Bertz CT molecular complexity index is 791. The van der Waals surface area contributed by atoms with Crippen LogP contribution in [0, 0.1) is 12.8 Å². The number of amides is 2. The Morgan fingerprint density at radius 1 is 1.19 bits per heavy atom. The summed E-state index contributed by atoms with van der Waals surface area (Å²) in [5, 5.41) is 5.99. The summed E-state index contributed by atoms with van der Waals surface area (Å²) in [4.78, 5) is 26.6. The molecule has 0 unspecified atom stereocenters. The average molecular weight is 371 g/mol. The SMILES string of the molecule is CCc1cc(C(=O)NCc2cccc(NC(=O)C3CCCC3)c2)sc1C. The molecule has 2 N–H and O–H groups in total. The normalized spacial score (nSPS) is 14.4. The van der Waals surface area contributed by atoms with Crippen molar-refractivity contribution in [2.75, 3.05) is 5.32 Å². The van der Waals surface area contributed by atoms with Crippen LogP contribution < -0.4 is 10.6 Å². The van der Waals surface area contributed by atoms with Crippen LogP contribution in [0.25, 0.3) is 0 Å². The number of anilines is 1. The summed E-state index contributed by atoms with van der Waals surface area (Å²) >= 11 is 1.54. The van der Waals surface area contributed by atoms with Crippen molar-refractivity contribution in [3.63, 3.8) is 0 Å². The van der Waals surface area contributed by atoms with Crippen molar-refractivity contribution in [3.8, 4) is 0 Å². The van der Waals surface area contributed by atoms with Crippen LogP contribution in [0.4, 0.5) is 5.69 Å². The number of aryl methyl sites for hydroxylation is 2. The van der Waals surface area contributed by atoms with Gasteiger partial charge in [0.15, 0.2) is 0 Å². The van der Waals surface area contributed by atoms with Crippen molar-refractivity contribution in [1.29, 1.82) is 0 Å². The predicted octanol–water partition coefficient (Wildman–Crippen LogP) is 4.68. The smallest absolute Gasteiger partial charge is 0.261 e. The van der Waals surface area contributed by atoms with Gasteiger partial charge in [0.05, 0.1) is 4.88 Å². The lowest BCUT2D eigenvalue weighted by atomic mass is 10.1. The Morgan fingerprint density at radius 3 is 2.65 bits per heavy atom. The summed E-state index contributed by atoms with van der Waals surface area (Å²) in [5.41, 5.74) is 3.01. The molecule has 1 heterocycles. The number of thiophene rings is 1. The first-order valence-corrected chi connectivity index (χ1v) is 10.2. The van der Waals surface area contributed by atoms with Gasteiger partial charge in [0.1, 0.15) is 0 Å². The van der Waals surface area contributed by atoms with Crippen LogP contribution in [0.2, 0.25) is 0 Å². The van der Waals surface area contributed by atoms with E-state index in [1.54, 1.807) is 0 Å². The third-order valence-corrected chi connectivity index (χ3v) is 6.09. The van der Waals surface area contributed by atoms with Crippen LogP contribution in [0.3, 0.4) is 0 Å². The van der Waals surface area contributed by atoms with Crippen LogP contribution in [-0.4, -0.2) is 11.8 Å². The van der Waals surface area contributed by atoms with Crippen molar-refractivity contribution in [1.82, 2.24) is 5.32 Å². The molecule has 4 nitrogen and oxygen atoms in total.